The smallest absolute Gasteiger partial charge is 0.272 e. The number of carbonyl (C=O) groups is 2. The van der Waals surface area contributed by atoms with Crippen LogP contribution in [0.4, 0.5) is 17.1 Å². The molecular weight excluding hydrogens is 438 g/mol. The Balaban J connectivity index is 1.28. The van der Waals surface area contributed by atoms with E-state index in [2.05, 4.69) is 25.9 Å². The van der Waals surface area contributed by atoms with E-state index in [1.807, 2.05) is 23.1 Å². The SMILES string of the molecule is CC(=O)NC1CNc2c(C(=O)NCc3ccc4c(c3)CN(c3c(N)c(=O)c3=O)CC4)ncnc21. The number of aromatic nitrogens is 2. The van der Waals surface area contributed by atoms with Crippen molar-refractivity contribution < 1.29 is 9.59 Å². The molecule has 2 amide bonds. The topological polar surface area (TPSA) is 159 Å². The van der Waals surface area contributed by atoms with Crippen LogP contribution >= 0.6 is 0 Å². The highest BCUT2D eigenvalue weighted by Crippen LogP contribution is 2.30. The normalized spacial score (nSPS) is 16.5. The second-order valence-corrected chi connectivity index (χ2v) is 8.49. The maximum Gasteiger partial charge on any atom is 0.272 e. The van der Waals surface area contributed by atoms with Crippen LogP contribution in [0.5, 0.6) is 0 Å². The summed E-state index contributed by atoms with van der Waals surface area (Å²) >= 11 is 0. The fraction of sp³-hybridized carbons (Fsp3) is 0.304. The average Bonchev–Trinajstić information content (AvgIpc) is 3.24. The predicted octanol–water partition coefficient (Wildman–Crippen LogP) is -0.250. The molecule has 0 radical (unpaired) electrons. The summed E-state index contributed by atoms with van der Waals surface area (Å²) in [4.78, 5) is 57.8. The lowest BCUT2D eigenvalue weighted by molar-refractivity contribution is -0.119. The minimum absolute atomic E-state index is 0.0311. The molecule has 1 aromatic heterocycles. The van der Waals surface area contributed by atoms with Crippen LogP contribution in [-0.2, 0) is 24.3 Å². The number of hydrogen-bond donors (Lipinski definition) is 4. The van der Waals surface area contributed by atoms with Gasteiger partial charge in [-0.2, -0.15) is 0 Å². The number of nitrogens with zero attached hydrogens (tertiary/aromatic N) is 3. The average molecular weight is 461 g/mol. The number of rotatable bonds is 5. The van der Waals surface area contributed by atoms with Gasteiger partial charge in [0.2, 0.25) is 5.91 Å². The van der Waals surface area contributed by atoms with Crippen LogP contribution in [0.25, 0.3) is 0 Å². The number of nitrogen functional groups attached to an aromatic ring is 1. The molecule has 5 N–H and O–H groups in total. The lowest BCUT2D eigenvalue weighted by atomic mass is 9.96. The Labute approximate surface area is 194 Å². The molecule has 3 aromatic rings. The summed E-state index contributed by atoms with van der Waals surface area (Å²) in [6, 6.07) is 5.64. The molecule has 5 rings (SSSR count). The van der Waals surface area contributed by atoms with Crippen molar-refractivity contribution in [2.24, 2.45) is 0 Å². The lowest BCUT2D eigenvalue weighted by Crippen LogP contribution is -2.44. The second-order valence-electron chi connectivity index (χ2n) is 8.49. The van der Waals surface area contributed by atoms with Gasteiger partial charge in [0.1, 0.15) is 17.7 Å². The van der Waals surface area contributed by atoms with Crippen LogP contribution in [0.3, 0.4) is 0 Å². The molecule has 1 unspecified atom stereocenters. The summed E-state index contributed by atoms with van der Waals surface area (Å²) in [7, 11) is 0. The maximum absolute atomic E-state index is 12.9. The van der Waals surface area contributed by atoms with Crippen molar-refractivity contribution in [2.45, 2.75) is 32.5 Å². The van der Waals surface area contributed by atoms with E-state index < -0.39 is 10.9 Å². The van der Waals surface area contributed by atoms with Crippen molar-refractivity contribution in [3.8, 4) is 0 Å². The number of hydrogen-bond acceptors (Lipinski definition) is 9. The minimum Gasteiger partial charge on any atom is -0.394 e. The van der Waals surface area contributed by atoms with Gasteiger partial charge in [-0.15, -0.1) is 0 Å². The maximum atomic E-state index is 12.9. The number of amides is 2. The van der Waals surface area contributed by atoms with Crippen LogP contribution in [0.1, 0.15) is 45.8 Å². The first kappa shape index (κ1) is 21.6. The van der Waals surface area contributed by atoms with Crippen molar-refractivity contribution in [1.29, 1.82) is 0 Å². The van der Waals surface area contributed by atoms with Gasteiger partial charge in [-0.3, -0.25) is 19.2 Å². The summed E-state index contributed by atoms with van der Waals surface area (Å²) in [6.07, 6.45) is 2.05. The van der Waals surface area contributed by atoms with E-state index in [9.17, 15) is 19.2 Å². The molecule has 34 heavy (non-hydrogen) atoms. The number of nitrogens with one attached hydrogen (secondary N) is 3. The lowest BCUT2D eigenvalue weighted by Gasteiger charge is -2.32. The molecule has 0 saturated carbocycles. The number of fused-ring (bicyclic) bond motifs is 2. The number of anilines is 3. The molecule has 1 atom stereocenters. The standard InChI is InChI=1S/C23H23N7O4/c1-11(31)29-15-8-25-18-17(15)27-10-28-19(18)23(34)26-7-12-2-3-13-4-5-30(9-14(13)6-12)20-16(24)21(32)22(20)33/h2-3,6,10,15,25H,4-5,7-9,24H2,1H3,(H,26,34)(H,29,31). The van der Waals surface area contributed by atoms with E-state index in [0.29, 0.717) is 36.7 Å². The molecule has 2 aromatic carbocycles. The van der Waals surface area contributed by atoms with Crippen molar-refractivity contribution in [2.75, 3.05) is 29.0 Å². The summed E-state index contributed by atoms with van der Waals surface area (Å²) in [5.74, 6) is -0.534. The van der Waals surface area contributed by atoms with E-state index in [1.165, 1.54) is 13.3 Å². The number of benzene rings is 1. The molecule has 11 heteroatoms. The molecule has 0 spiro atoms. The predicted molar refractivity (Wildman–Crippen MR) is 125 cm³/mol. The van der Waals surface area contributed by atoms with E-state index in [0.717, 1.165) is 23.1 Å². The molecule has 0 aliphatic carbocycles. The van der Waals surface area contributed by atoms with E-state index in [-0.39, 0.29) is 35.8 Å². The van der Waals surface area contributed by atoms with E-state index in [1.54, 1.807) is 0 Å². The first-order chi connectivity index (χ1) is 16.3. The minimum atomic E-state index is -0.619. The van der Waals surface area contributed by atoms with Crippen molar-refractivity contribution in [3.05, 3.63) is 73.1 Å². The quantitative estimate of drug-likeness (QED) is 0.376. The molecule has 0 saturated heterocycles. The Morgan fingerprint density at radius 1 is 1.21 bits per heavy atom. The van der Waals surface area contributed by atoms with Crippen LogP contribution in [0.2, 0.25) is 0 Å². The van der Waals surface area contributed by atoms with Gasteiger partial charge < -0.3 is 26.6 Å². The Kier molecular flexibility index (Phi) is 5.23. The van der Waals surface area contributed by atoms with Crippen LogP contribution in [0, 0.1) is 0 Å². The summed E-state index contributed by atoms with van der Waals surface area (Å²) < 4.78 is 0. The Bertz CT molecular complexity index is 1390. The van der Waals surface area contributed by atoms with Crippen molar-refractivity contribution in [3.63, 3.8) is 0 Å². The Hall–Kier alpha value is -4.28. The van der Waals surface area contributed by atoms with Crippen LogP contribution in [-0.4, -0.2) is 34.9 Å². The molecule has 3 heterocycles. The summed E-state index contributed by atoms with van der Waals surface area (Å²) in [5.41, 5.74) is 9.31. The molecule has 0 fully saturated rings. The Morgan fingerprint density at radius 2 is 2.03 bits per heavy atom. The van der Waals surface area contributed by atoms with Gasteiger partial charge in [0.15, 0.2) is 5.69 Å². The first-order valence-electron chi connectivity index (χ1n) is 10.9. The fourth-order valence-corrected chi connectivity index (χ4v) is 4.56. The van der Waals surface area contributed by atoms with Gasteiger partial charge >= 0.3 is 0 Å². The zero-order valence-electron chi connectivity index (χ0n) is 18.5. The van der Waals surface area contributed by atoms with Gasteiger partial charge in [0.25, 0.3) is 16.8 Å². The first-order valence-corrected chi connectivity index (χ1v) is 10.9. The zero-order chi connectivity index (χ0) is 24.0. The molecule has 2 aliphatic heterocycles. The van der Waals surface area contributed by atoms with Gasteiger partial charge in [-0.25, -0.2) is 9.97 Å². The third-order valence-electron chi connectivity index (χ3n) is 6.26. The monoisotopic (exact) mass is 461 g/mol. The van der Waals surface area contributed by atoms with Gasteiger partial charge in [0.05, 0.1) is 17.4 Å². The highest BCUT2D eigenvalue weighted by atomic mass is 16.2. The summed E-state index contributed by atoms with van der Waals surface area (Å²) in [6.45, 7) is 3.23. The van der Waals surface area contributed by atoms with Crippen molar-refractivity contribution in [1.82, 2.24) is 20.6 Å². The van der Waals surface area contributed by atoms with Gasteiger partial charge in [-0.05, 0) is 23.1 Å². The zero-order valence-corrected chi connectivity index (χ0v) is 18.5. The Morgan fingerprint density at radius 3 is 2.79 bits per heavy atom. The molecule has 0 bridgehead atoms. The third kappa shape index (κ3) is 3.64. The van der Waals surface area contributed by atoms with Gasteiger partial charge in [0, 0.05) is 33.1 Å². The van der Waals surface area contributed by atoms with E-state index >= 15 is 0 Å². The fourth-order valence-electron chi connectivity index (χ4n) is 4.56. The molecule has 2 aliphatic rings. The highest BCUT2D eigenvalue weighted by molar-refractivity contribution is 5.98. The largest absolute Gasteiger partial charge is 0.394 e. The van der Waals surface area contributed by atoms with Crippen LogP contribution in [0.15, 0.2) is 34.1 Å². The molecule has 11 nitrogen and oxygen atoms in total. The molecular formula is C23H23N7O4. The van der Waals surface area contributed by atoms with E-state index in [4.69, 9.17) is 5.73 Å². The van der Waals surface area contributed by atoms with Gasteiger partial charge in [-0.1, -0.05) is 18.2 Å². The molecule has 174 valence electrons. The van der Waals surface area contributed by atoms with Crippen molar-refractivity contribution >= 4 is 28.9 Å². The second kappa shape index (κ2) is 8.25. The number of nitrogens with two attached hydrogens (primary N) is 1. The van der Waals surface area contributed by atoms with Crippen LogP contribution < -0.4 is 37.4 Å². The highest BCUT2D eigenvalue weighted by Gasteiger charge is 2.30. The third-order valence-corrected chi connectivity index (χ3v) is 6.26. The number of carbonyl (C=O) groups excluding carboxylic acids is 2. The summed E-state index contributed by atoms with van der Waals surface area (Å²) in [5, 5.41) is 8.79.